The number of hydrogen-bond donors (Lipinski definition) is 4. The highest BCUT2D eigenvalue weighted by atomic mass is 16.7. The second-order valence-corrected chi connectivity index (χ2v) is 18.4. The number of carbonyl (C=O) groups is 2. The minimum absolute atomic E-state index is 0.0668. The Morgan fingerprint density at radius 3 is 2.30 bits per heavy atom. The highest BCUT2D eigenvalue weighted by molar-refractivity contribution is 5.93. The first-order valence-electron chi connectivity index (χ1n) is 18.2. The largest absolute Gasteiger partial charge is 0.457 e. The molecule has 7 aliphatic rings. The molecule has 0 aromatic rings. The van der Waals surface area contributed by atoms with Crippen LogP contribution < -0.4 is 0 Å². The fourth-order valence-electron chi connectivity index (χ4n) is 13.4. The van der Waals surface area contributed by atoms with Crippen LogP contribution in [0.5, 0.6) is 0 Å². The predicted molar refractivity (Wildman–Crippen MR) is 170 cm³/mol. The number of aliphatic hydroxyl groups excluding tert-OH is 3. The molecule has 7 rings (SSSR count). The van der Waals surface area contributed by atoms with Gasteiger partial charge in [0.05, 0.1) is 24.4 Å². The van der Waals surface area contributed by atoms with Gasteiger partial charge in [-0.2, -0.15) is 0 Å². The maximum absolute atomic E-state index is 15.0. The summed E-state index contributed by atoms with van der Waals surface area (Å²) in [6, 6.07) is 0. The number of fused-ring (bicyclic) bond motifs is 4. The van der Waals surface area contributed by atoms with Crippen molar-refractivity contribution in [1.82, 2.24) is 0 Å². The van der Waals surface area contributed by atoms with Gasteiger partial charge in [0.2, 0.25) is 0 Å². The molecule has 5 aliphatic carbocycles. The maximum atomic E-state index is 15.0. The lowest BCUT2D eigenvalue weighted by atomic mass is 9.41. The average Bonchev–Trinajstić information content (AvgIpc) is 3.61. The van der Waals surface area contributed by atoms with E-state index in [0.717, 1.165) is 44.9 Å². The first-order chi connectivity index (χ1) is 21.8. The fourth-order valence-corrected chi connectivity index (χ4v) is 13.4. The Kier molecular flexibility index (Phi) is 7.80. The van der Waals surface area contributed by atoms with Crippen molar-refractivity contribution in [3.05, 3.63) is 0 Å². The van der Waals surface area contributed by atoms with Crippen molar-refractivity contribution in [2.45, 2.75) is 161 Å². The average molecular weight is 663 g/mol. The van der Waals surface area contributed by atoms with Gasteiger partial charge in [0.15, 0.2) is 18.2 Å². The third-order valence-electron chi connectivity index (χ3n) is 15.6. The summed E-state index contributed by atoms with van der Waals surface area (Å²) in [6.45, 7) is 15.9. The first-order valence-corrected chi connectivity index (χ1v) is 18.2. The van der Waals surface area contributed by atoms with Crippen LogP contribution in [0.15, 0.2) is 0 Å². The molecule has 2 unspecified atom stereocenters. The lowest BCUT2D eigenvalue weighted by Crippen LogP contribution is -2.60. The van der Waals surface area contributed by atoms with Crippen molar-refractivity contribution >= 4 is 11.8 Å². The van der Waals surface area contributed by atoms with E-state index in [4.69, 9.17) is 18.9 Å². The standard InChI is InChI=1S/C37H58O10/c1-18-15-21(30(33(5,6)43)45-19(2)38)46-28-25(18)34(7)13-14-37-17-36(37)12-11-24(47-31-27(41)26(40)20(39)16-44-31)32(3,4)22(36)9-10-23(37)35(34,8)29(28)42/h18,20-28,30-31,39-41,43H,9-17H2,1-8H3/t18-,20?,21-,22+,23+,24+,25+,26+,27-,28+,30+,31+,34-,35-,36-,37?/m1/s1. The van der Waals surface area contributed by atoms with Crippen LogP contribution in [0.25, 0.3) is 0 Å². The third-order valence-corrected chi connectivity index (χ3v) is 15.6. The SMILES string of the molecule is CC(=O)O[C@@H]([C@H]1C[C@@H](C)[C@H]2[C@H](O1)C(=O)[C@@]1(C)[C@@H]3CC[C@H]4C(C)(C)[C@@H](O[C@@H]5OCC(O)[C@H](O)[C@H]5O)CC[C@@]45CC35CC[C@]21C)C(C)(C)O. The molecule has 7 fully saturated rings. The van der Waals surface area contributed by atoms with Crippen LogP contribution in [0.2, 0.25) is 0 Å². The quantitative estimate of drug-likeness (QED) is 0.254. The molecular weight excluding hydrogens is 604 g/mol. The molecule has 0 aromatic heterocycles. The van der Waals surface area contributed by atoms with Crippen LogP contribution in [-0.2, 0) is 28.5 Å². The van der Waals surface area contributed by atoms with Crippen molar-refractivity contribution in [1.29, 1.82) is 0 Å². The molecule has 2 aliphatic heterocycles. The van der Waals surface area contributed by atoms with Crippen LogP contribution in [-0.4, -0.2) is 93.4 Å². The molecule has 2 heterocycles. The first kappa shape index (κ1) is 34.3. The monoisotopic (exact) mass is 662 g/mol. The third kappa shape index (κ3) is 4.46. The van der Waals surface area contributed by atoms with Gasteiger partial charge in [0, 0.05) is 18.3 Å². The summed E-state index contributed by atoms with van der Waals surface area (Å²) in [5, 5.41) is 41.8. The number of ketones is 1. The van der Waals surface area contributed by atoms with E-state index in [1.165, 1.54) is 6.92 Å². The number of carbonyl (C=O) groups excluding carboxylic acids is 2. The molecule has 16 atom stereocenters. The van der Waals surface area contributed by atoms with E-state index in [9.17, 15) is 30.0 Å². The van der Waals surface area contributed by atoms with Gasteiger partial charge in [-0.3, -0.25) is 9.59 Å². The maximum Gasteiger partial charge on any atom is 0.303 e. The normalized spacial score (nSPS) is 53.9. The Morgan fingerprint density at radius 2 is 1.64 bits per heavy atom. The Morgan fingerprint density at radius 1 is 0.979 bits per heavy atom. The minimum Gasteiger partial charge on any atom is -0.457 e. The van der Waals surface area contributed by atoms with Gasteiger partial charge in [0.1, 0.15) is 24.4 Å². The predicted octanol–water partition coefficient (Wildman–Crippen LogP) is 3.53. The Labute approximate surface area is 279 Å². The zero-order valence-electron chi connectivity index (χ0n) is 29.5. The highest BCUT2D eigenvalue weighted by Crippen LogP contribution is 2.89. The number of rotatable bonds is 5. The molecule has 0 bridgehead atoms. The lowest BCUT2D eigenvalue weighted by Gasteiger charge is -2.62. The van der Waals surface area contributed by atoms with Crippen LogP contribution in [0.1, 0.15) is 107 Å². The van der Waals surface area contributed by atoms with E-state index in [0.29, 0.717) is 12.3 Å². The van der Waals surface area contributed by atoms with Gasteiger partial charge in [-0.1, -0.05) is 34.6 Å². The van der Waals surface area contributed by atoms with Gasteiger partial charge in [-0.25, -0.2) is 0 Å². The van der Waals surface area contributed by atoms with Crippen molar-refractivity contribution in [2.24, 2.45) is 50.7 Å². The van der Waals surface area contributed by atoms with Gasteiger partial charge in [-0.05, 0) is 105 Å². The molecule has 0 amide bonds. The minimum atomic E-state index is -1.31. The zero-order chi connectivity index (χ0) is 34.3. The van der Waals surface area contributed by atoms with Gasteiger partial charge in [-0.15, -0.1) is 0 Å². The molecule has 47 heavy (non-hydrogen) atoms. The molecule has 0 radical (unpaired) electrons. The topological polar surface area (TPSA) is 152 Å². The molecule has 10 heteroatoms. The zero-order valence-corrected chi connectivity index (χ0v) is 29.5. The summed E-state index contributed by atoms with van der Waals surface area (Å²) < 4.78 is 24.4. The fraction of sp³-hybridized carbons (Fsp3) is 0.946. The molecule has 10 nitrogen and oxygen atoms in total. The van der Waals surface area contributed by atoms with Crippen molar-refractivity contribution < 1.29 is 49.0 Å². The molecule has 2 saturated heterocycles. The summed E-state index contributed by atoms with van der Waals surface area (Å²) in [4.78, 5) is 27.0. The molecule has 5 saturated carbocycles. The van der Waals surface area contributed by atoms with Gasteiger partial charge >= 0.3 is 5.97 Å². The van der Waals surface area contributed by atoms with E-state index < -0.39 is 59.9 Å². The molecule has 2 spiro atoms. The van der Waals surface area contributed by atoms with Crippen molar-refractivity contribution in [3.8, 4) is 0 Å². The Hall–Kier alpha value is -1.14. The van der Waals surface area contributed by atoms with Crippen molar-refractivity contribution in [2.75, 3.05) is 6.61 Å². The summed E-state index contributed by atoms with van der Waals surface area (Å²) in [5.41, 5.74) is -2.06. The Balaban J connectivity index is 1.15. The molecular formula is C37H58O10. The summed E-state index contributed by atoms with van der Waals surface area (Å²) in [7, 11) is 0. The van der Waals surface area contributed by atoms with E-state index in [2.05, 4.69) is 34.6 Å². The Bertz CT molecular complexity index is 1290. The molecule has 266 valence electrons. The van der Waals surface area contributed by atoms with Gasteiger partial charge in [0.25, 0.3) is 0 Å². The lowest BCUT2D eigenvalue weighted by molar-refractivity contribution is -0.302. The van der Waals surface area contributed by atoms with E-state index in [1.54, 1.807) is 13.8 Å². The van der Waals surface area contributed by atoms with Crippen LogP contribution in [0, 0.1) is 50.7 Å². The number of aliphatic hydroxyl groups is 4. The van der Waals surface area contributed by atoms with Crippen LogP contribution in [0.4, 0.5) is 0 Å². The van der Waals surface area contributed by atoms with Gasteiger partial charge < -0.3 is 39.4 Å². The summed E-state index contributed by atoms with van der Waals surface area (Å²) in [5.74, 6) is 0.603. The van der Waals surface area contributed by atoms with Crippen LogP contribution >= 0.6 is 0 Å². The highest BCUT2D eigenvalue weighted by Gasteiger charge is 2.85. The number of hydrogen-bond acceptors (Lipinski definition) is 10. The van der Waals surface area contributed by atoms with E-state index in [-0.39, 0.29) is 57.9 Å². The number of esters is 1. The summed E-state index contributed by atoms with van der Waals surface area (Å²) >= 11 is 0. The van der Waals surface area contributed by atoms with Crippen molar-refractivity contribution in [3.63, 3.8) is 0 Å². The second-order valence-electron chi connectivity index (χ2n) is 18.4. The van der Waals surface area contributed by atoms with E-state index in [1.807, 2.05) is 0 Å². The van der Waals surface area contributed by atoms with Crippen LogP contribution in [0.3, 0.4) is 0 Å². The molecule has 4 N–H and O–H groups in total. The van der Waals surface area contributed by atoms with E-state index >= 15 is 0 Å². The smallest absolute Gasteiger partial charge is 0.303 e. The number of Topliss-reactive ketones (excluding diaryl/α,β-unsaturated/α-hetero) is 1. The second kappa shape index (κ2) is 10.7. The number of ether oxygens (including phenoxy) is 4. The molecule has 0 aromatic carbocycles. The summed E-state index contributed by atoms with van der Waals surface area (Å²) in [6.07, 6.45) is 0.691.